The van der Waals surface area contributed by atoms with E-state index in [1.165, 1.54) is 12.1 Å². The molecular weight excluding hydrogens is 520 g/mol. The van der Waals surface area contributed by atoms with E-state index < -0.39 is 11.7 Å². The first-order valence-electron chi connectivity index (χ1n) is 10.8. The van der Waals surface area contributed by atoms with Crippen LogP contribution in [0.4, 0.5) is 13.2 Å². The van der Waals surface area contributed by atoms with Crippen molar-refractivity contribution in [3.05, 3.63) is 35.4 Å². The summed E-state index contributed by atoms with van der Waals surface area (Å²) in [6, 6.07) is 5.64. The third-order valence-electron chi connectivity index (χ3n) is 6.06. The number of benzene rings is 1. The Labute approximate surface area is 200 Å². The van der Waals surface area contributed by atoms with Gasteiger partial charge in [-0.15, -0.1) is 24.0 Å². The molecule has 0 aromatic heterocycles. The van der Waals surface area contributed by atoms with E-state index in [0.29, 0.717) is 18.0 Å². The van der Waals surface area contributed by atoms with E-state index in [4.69, 9.17) is 4.74 Å². The van der Waals surface area contributed by atoms with Crippen LogP contribution in [0.3, 0.4) is 0 Å². The Hall–Kier alpha value is -1.07. The summed E-state index contributed by atoms with van der Waals surface area (Å²) in [6.45, 7) is 9.38. The second-order valence-corrected chi connectivity index (χ2v) is 8.30. The molecule has 2 saturated heterocycles. The van der Waals surface area contributed by atoms with Gasteiger partial charge in [-0.3, -0.25) is 9.89 Å². The SMILES string of the molecule is CN=C(NCCC(C)c1cccc(C(F)(F)F)c1)N1CCC(CN2CCOCC2)C1.I. The molecule has 176 valence electrons. The first kappa shape index (κ1) is 26.2. The molecule has 0 saturated carbocycles. The second-order valence-electron chi connectivity index (χ2n) is 8.30. The van der Waals surface area contributed by atoms with Crippen molar-refractivity contribution in [3.8, 4) is 0 Å². The van der Waals surface area contributed by atoms with Crippen LogP contribution in [0.5, 0.6) is 0 Å². The molecule has 0 radical (unpaired) electrons. The predicted molar refractivity (Wildman–Crippen MR) is 128 cm³/mol. The molecule has 0 aliphatic carbocycles. The average Bonchev–Trinajstić information content (AvgIpc) is 3.19. The van der Waals surface area contributed by atoms with Gasteiger partial charge in [-0.1, -0.05) is 25.1 Å². The van der Waals surface area contributed by atoms with Gasteiger partial charge in [0.15, 0.2) is 5.96 Å². The molecule has 0 bridgehead atoms. The number of likely N-dealkylation sites (tertiary alicyclic amines) is 1. The molecule has 2 aliphatic rings. The molecule has 3 rings (SSSR count). The number of aliphatic imine (C=N–C) groups is 1. The summed E-state index contributed by atoms with van der Waals surface area (Å²) in [4.78, 5) is 9.18. The topological polar surface area (TPSA) is 40.1 Å². The maximum absolute atomic E-state index is 12.9. The summed E-state index contributed by atoms with van der Waals surface area (Å²) in [7, 11) is 1.79. The van der Waals surface area contributed by atoms with E-state index in [1.54, 1.807) is 13.1 Å². The van der Waals surface area contributed by atoms with Crippen LogP contribution < -0.4 is 5.32 Å². The van der Waals surface area contributed by atoms with E-state index in [2.05, 4.69) is 20.1 Å². The number of guanidine groups is 1. The Morgan fingerprint density at radius 2 is 2.00 bits per heavy atom. The van der Waals surface area contributed by atoms with Crippen molar-refractivity contribution in [3.63, 3.8) is 0 Å². The van der Waals surface area contributed by atoms with Crippen molar-refractivity contribution >= 4 is 29.9 Å². The monoisotopic (exact) mass is 554 g/mol. The van der Waals surface area contributed by atoms with E-state index in [9.17, 15) is 13.2 Å². The fraction of sp³-hybridized carbons (Fsp3) is 0.682. The highest BCUT2D eigenvalue weighted by molar-refractivity contribution is 14.0. The number of nitrogens with zero attached hydrogens (tertiary/aromatic N) is 3. The summed E-state index contributed by atoms with van der Waals surface area (Å²) in [6.07, 6.45) is -2.41. The lowest BCUT2D eigenvalue weighted by atomic mass is 9.96. The molecule has 2 fully saturated rings. The molecule has 2 heterocycles. The van der Waals surface area contributed by atoms with Crippen LogP contribution in [0, 0.1) is 5.92 Å². The largest absolute Gasteiger partial charge is 0.416 e. The van der Waals surface area contributed by atoms with E-state index in [-0.39, 0.29) is 29.9 Å². The normalized spacial score (nSPS) is 21.6. The van der Waals surface area contributed by atoms with Gasteiger partial charge >= 0.3 is 6.18 Å². The van der Waals surface area contributed by atoms with Crippen LogP contribution in [-0.2, 0) is 10.9 Å². The van der Waals surface area contributed by atoms with Crippen molar-refractivity contribution in [1.82, 2.24) is 15.1 Å². The Kier molecular flexibility index (Phi) is 10.3. The average molecular weight is 554 g/mol. The number of halogens is 4. The van der Waals surface area contributed by atoms with E-state index >= 15 is 0 Å². The predicted octanol–water partition coefficient (Wildman–Crippen LogP) is 4.05. The summed E-state index contributed by atoms with van der Waals surface area (Å²) in [5, 5.41) is 3.40. The van der Waals surface area contributed by atoms with Gasteiger partial charge in [-0.2, -0.15) is 13.2 Å². The summed E-state index contributed by atoms with van der Waals surface area (Å²) in [5.41, 5.74) is 0.132. The lowest BCUT2D eigenvalue weighted by molar-refractivity contribution is -0.137. The van der Waals surface area contributed by atoms with E-state index in [1.807, 2.05) is 6.92 Å². The fourth-order valence-corrected chi connectivity index (χ4v) is 4.24. The molecule has 1 N–H and O–H groups in total. The highest BCUT2D eigenvalue weighted by Crippen LogP contribution is 2.31. The van der Waals surface area contributed by atoms with Crippen LogP contribution in [-0.4, -0.2) is 75.3 Å². The number of alkyl halides is 3. The molecule has 0 amide bonds. The Morgan fingerprint density at radius 3 is 2.68 bits per heavy atom. The third kappa shape index (κ3) is 7.78. The van der Waals surface area contributed by atoms with Crippen LogP contribution >= 0.6 is 24.0 Å². The van der Waals surface area contributed by atoms with Gasteiger partial charge in [-0.25, -0.2) is 0 Å². The lowest BCUT2D eigenvalue weighted by Crippen LogP contribution is -2.42. The van der Waals surface area contributed by atoms with Gasteiger partial charge < -0.3 is 15.0 Å². The third-order valence-corrected chi connectivity index (χ3v) is 6.06. The minimum atomic E-state index is -4.30. The van der Waals surface area contributed by atoms with Crippen molar-refractivity contribution in [2.45, 2.75) is 31.9 Å². The van der Waals surface area contributed by atoms with Gasteiger partial charge in [0.1, 0.15) is 0 Å². The number of ether oxygens (including phenoxy) is 1. The highest BCUT2D eigenvalue weighted by Gasteiger charge is 2.31. The summed E-state index contributed by atoms with van der Waals surface area (Å²) < 4.78 is 44.3. The zero-order valence-electron chi connectivity index (χ0n) is 18.3. The first-order chi connectivity index (χ1) is 14.4. The van der Waals surface area contributed by atoms with E-state index in [0.717, 1.165) is 70.8 Å². The summed E-state index contributed by atoms with van der Waals surface area (Å²) in [5.74, 6) is 1.55. The zero-order chi connectivity index (χ0) is 21.6. The van der Waals surface area contributed by atoms with Crippen molar-refractivity contribution in [2.75, 3.05) is 59.5 Å². The summed E-state index contributed by atoms with van der Waals surface area (Å²) >= 11 is 0. The molecule has 0 spiro atoms. The van der Waals surface area contributed by atoms with Crippen molar-refractivity contribution in [1.29, 1.82) is 0 Å². The number of rotatable bonds is 6. The quantitative estimate of drug-likeness (QED) is 0.328. The van der Waals surface area contributed by atoms with Gasteiger partial charge in [0.05, 0.1) is 18.8 Å². The standard InChI is InChI=1S/C22H33F3N4O.HI/c1-17(19-4-3-5-20(14-19)22(23,24)25)6-8-27-21(26-2)29-9-7-18(16-29)15-28-10-12-30-13-11-28;/h3-5,14,17-18H,6-13,15-16H2,1-2H3,(H,26,27);1H. The molecule has 5 nitrogen and oxygen atoms in total. The molecule has 2 aliphatic heterocycles. The van der Waals surface area contributed by atoms with Crippen LogP contribution in [0.2, 0.25) is 0 Å². The lowest BCUT2D eigenvalue weighted by Gasteiger charge is -2.29. The zero-order valence-corrected chi connectivity index (χ0v) is 20.7. The number of nitrogens with one attached hydrogen (secondary N) is 1. The van der Waals surface area contributed by atoms with Crippen molar-refractivity contribution in [2.24, 2.45) is 10.9 Å². The highest BCUT2D eigenvalue weighted by atomic mass is 127. The van der Waals surface area contributed by atoms with Gasteiger partial charge in [0.2, 0.25) is 0 Å². The maximum Gasteiger partial charge on any atom is 0.416 e. The molecule has 1 aromatic carbocycles. The molecule has 9 heteroatoms. The van der Waals surface area contributed by atoms with Crippen LogP contribution in [0.25, 0.3) is 0 Å². The Bertz CT molecular complexity index is 710. The van der Waals surface area contributed by atoms with Gasteiger partial charge in [-0.05, 0) is 36.3 Å². The van der Waals surface area contributed by atoms with Crippen LogP contribution in [0.15, 0.2) is 29.3 Å². The Balaban J connectivity index is 0.00000341. The minimum Gasteiger partial charge on any atom is -0.379 e. The fourth-order valence-electron chi connectivity index (χ4n) is 4.24. The second kappa shape index (κ2) is 12.2. The molecule has 2 atom stereocenters. The van der Waals surface area contributed by atoms with Gasteiger partial charge in [0, 0.05) is 46.3 Å². The molecule has 31 heavy (non-hydrogen) atoms. The molecular formula is C22H34F3IN4O. The van der Waals surface area contributed by atoms with Crippen LogP contribution in [0.1, 0.15) is 36.8 Å². The molecule has 1 aromatic rings. The smallest absolute Gasteiger partial charge is 0.379 e. The maximum atomic E-state index is 12.9. The Morgan fingerprint density at radius 1 is 1.26 bits per heavy atom. The van der Waals surface area contributed by atoms with Crippen molar-refractivity contribution < 1.29 is 17.9 Å². The van der Waals surface area contributed by atoms with Gasteiger partial charge in [0.25, 0.3) is 0 Å². The first-order valence-corrected chi connectivity index (χ1v) is 10.8. The molecule has 2 unspecified atom stereocenters. The minimum absolute atomic E-state index is 0. The number of hydrogen-bond acceptors (Lipinski definition) is 3. The number of morpholine rings is 1. The number of hydrogen-bond donors (Lipinski definition) is 1.